The van der Waals surface area contributed by atoms with Gasteiger partial charge in [-0.25, -0.2) is 4.79 Å². The second-order valence-corrected chi connectivity index (χ2v) is 7.45. The van der Waals surface area contributed by atoms with Crippen LogP contribution in [-0.2, 0) is 17.8 Å². The summed E-state index contributed by atoms with van der Waals surface area (Å²) >= 11 is 0. The van der Waals surface area contributed by atoms with E-state index in [-0.39, 0.29) is 5.97 Å². The molecule has 0 spiro atoms. The molecule has 0 N–H and O–H groups in total. The lowest BCUT2D eigenvalue weighted by Gasteiger charge is -2.17. The number of hydrogen-bond donors (Lipinski definition) is 0. The second-order valence-electron chi connectivity index (χ2n) is 7.45. The highest BCUT2D eigenvalue weighted by molar-refractivity contribution is 5.90. The quantitative estimate of drug-likeness (QED) is 0.449. The van der Waals surface area contributed by atoms with Crippen molar-refractivity contribution in [2.45, 2.75) is 26.9 Å². The highest BCUT2D eigenvalue weighted by atomic mass is 16.5. The minimum Gasteiger partial charge on any atom is -0.465 e. The summed E-state index contributed by atoms with van der Waals surface area (Å²) in [6.45, 7) is 6.26. The van der Waals surface area contributed by atoms with Crippen LogP contribution in [0.4, 0.5) is 11.4 Å². The van der Waals surface area contributed by atoms with E-state index in [1.807, 2.05) is 18.3 Å². The van der Waals surface area contributed by atoms with Crippen LogP contribution >= 0.6 is 0 Å². The zero-order chi connectivity index (χ0) is 20.4. The van der Waals surface area contributed by atoms with E-state index in [1.54, 1.807) is 12.1 Å². The number of carbonyl (C=O) groups is 1. The molecule has 0 radical (unpaired) electrons. The molecule has 4 heteroatoms. The highest BCUT2D eigenvalue weighted by Crippen LogP contribution is 2.30. The predicted octanol–water partition coefficient (Wildman–Crippen LogP) is 5.36. The summed E-state index contributed by atoms with van der Waals surface area (Å²) in [6, 6.07) is 20.1. The summed E-state index contributed by atoms with van der Waals surface area (Å²) in [5, 5.41) is 0. The van der Waals surface area contributed by atoms with Crippen LogP contribution in [0.2, 0.25) is 0 Å². The van der Waals surface area contributed by atoms with E-state index in [0.29, 0.717) is 5.56 Å². The van der Waals surface area contributed by atoms with Gasteiger partial charge < -0.3 is 9.64 Å². The van der Waals surface area contributed by atoms with E-state index in [1.165, 1.54) is 35.1 Å². The Morgan fingerprint density at radius 3 is 2.07 bits per heavy atom. The first-order chi connectivity index (χ1) is 14.0. The Kier molecular flexibility index (Phi) is 5.17. The summed E-state index contributed by atoms with van der Waals surface area (Å²) in [4.78, 5) is 18.4. The number of benzene rings is 3. The number of hydrogen-bond acceptors (Lipinski definition) is 4. The molecule has 146 valence electrons. The van der Waals surface area contributed by atoms with Crippen LogP contribution in [0.3, 0.4) is 0 Å². The van der Waals surface area contributed by atoms with Crippen molar-refractivity contribution in [3.05, 3.63) is 94.0 Å². The molecule has 0 saturated carbocycles. The second kappa shape index (κ2) is 7.92. The number of aliphatic imine (C=N–C) groups is 1. The molecule has 0 aromatic heterocycles. The van der Waals surface area contributed by atoms with Gasteiger partial charge in [-0.2, -0.15) is 0 Å². The van der Waals surface area contributed by atoms with Crippen LogP contribution in [0, 0.1) is 13.8 Å². The lowest BCUT2D eigenvalue weighted by Crippen LogP contribution is -2.14. The van der Waals surface area contributed by atoms with Crippen molar-refractivity contribution in [2.75, 3.05) is 12.0 Å². The average molecular weight is 384 g/mol. The highest BCUT2D eigenvalue weighted by Gasteiger charge is 2.19. The topological polar surface area (TPSA) is 41.9 Å². The van der Waals surface area contributed by atoms with Gasteiger partial charge in [0.05, 0.1) is 18.4 Å². The Morgan fingerprint density at radius 1 is 0.931 bits per heavy atom. The molecule has 1 heterocycles. The van der Waals surface area contributed by atoms with Crippen molar-refractivity contribution >= 4 is 23.6 Å². The van der Waals surface area contributed by atoms with Crippen LogP contribution in [0.1, 0.15) is 38.2 Å². The summed E-state index contributed by atoms with van der Waals surface area (Å²) in [7, 11) is 1.38. The number of fused-ring (bicyclic) bond motifs is 1. The minimum absolute atomic E-state index is 0.342. The number of esters is 1. The van der Waals surface area contributed by atoms with Gasteiger partial charge in [0, 0.05) is 25.0 Å². The zero-order valence-corrected chi connectivity index (χ0v) is 17.0. The van der Waals surface area contributed by atoms with Crippen LogP contribution < -0.4 is 4.90 Å². The number of carbonyl (C=O) groups excluding carboxylic acids is 1. The number of rotatable bonds is 4. The zero-order valence-electron chi connectivity index (χ0n) is 17.0. The molecular weight excluding hydrogens is 360 g/mol. The number of ether oxygens (including phenoxy) is 1. The monoisotopic (exact) mass is 384 g/mol. The van der Waals surface area contributed by atoms with Gasteiger partial charge in [0.2, 0.25) is 0 Å². The molecule has 1 aliphatic rings. The summed E-state index contributed by atoms with van der Waals surface area (Å²) in [5.74, 6) is -0.342. The van der Waals surface area contributed by atoms with Crippen LogP contribution in [0.15, 0.2) is 65.7 Å². The molecule has 1 aliphatic heterocycles. The van der Waals surface area contributed by atoms with Crippen molar-refractivity contribution in [1.29, 1.82) is 0 Å². The molecule has 3 aromatic rings. The fraction of sp³-hybridized carbons (Fsp3) is 0.200. The standard InChI is InChI=1S/C25H24N2O2/c1-17-12-21-15-27(16-22(21)13-18(17)2)24-10-4-19(5-11-24)14-26-23-8-6-20(7-9-23)25(28)29-3/h4-14H,15-16H2,1-3H3. The van der Waals surface area contributed by atoms with Crippen molar-refractivity contribution in [1.82, 2.24) is 0 Å². The van der Waals surface area contributed by atoms with E-state index in [4.69, 9.17) is 4.74 Å². The van der Waals surface area contributed by atoms with E-state index in [2.05, 4.69) is 60.1 Å². The molecule has 0 aliphatic carbocycles. The van der Waals surface area contributed by atoms with E-state index in [9.17, 15) is 4.79 Å². The Hall–Kier alpha value is -3.40. The molecule has 0 unspecified atom stereocenters. The van der Waals surface area contributed by atoms with Crippen LogP contribution in [-0.4, -0.2) is 19.3 Å². The molecule has 3 aromatic carbocycles. The average Bonchev–Trinajstić information content (AvgIpc) is 3.15. The summed E-state index contributed by atoms with van der Waals surface area (Å²) in [6.07, 6.45) is 1.84. The van der Waals surface area contributed by atoms with Gasteiger partial charge in [-0.15, -0.1) is 0 Å². The van der Waals surface area contributed by atoms with Gasteiger partial charge in [0.25, 0.3) is 0 Å². The Bertz CT molecular complexity index is 1040. The number of methoxy groups -OCH3 is 1. The van der Waals surface area contributed by atoms with E-state index < -0.39 is 0 Å². The maximum Gasteiger partial charge on any atom is 0.337 e. The minimum atomic E-state index is -0.342. The third kappa shape index (κ3) is 4.06. The Labute approximate surface area is 171 Å². The number of aryl methyl sites for hydroxylation is 2. The third-order valence-electron chi connectivity index (χ3n) is 5.45. The molecule has 0 saturated heterocycles. The molecule has 0 fully saturated rings. The third-order valence-corrected chi connectivity index (χ3v) is 5.45. The summed E-state index contributed by atoms with van der Waals surface area (Å²) in [5.41, 5.74) is 9.14. The van der Waals surface area contributed by atoms with Crippen molar-refractivity contribution < 1.29 is 9.53 Å². The van der Waals surface area contributed by atoms with Crippen molar-refractivity contribution in [2.24, 2.45) is 4.99 Å². The van der Waals surface area contributed by atoms with Gasteiger partial charge in [-0.05, 0) is 78.1 Å². The molecule has 0 bridgehead atoms. The summed E-state index contributed by atoms with van der Waals surface area (Å²) < 4.78 is 4.71. The first kappa shape index (κ1) is 18.9. The lowest BCUT2D eigenvalue weighted by molar-refractivity contribution is 0.0601. The molecule has 29 heavy (non-hydrogen) atoms. The number of nitrogens with zero attached hydrogens (tertiary/aromatic N) is 2. The molecule has 0 amide bonds. The number of anilines is 1. The first-order valence-electron chi connectivity index (χ1n) is 9.70. The van der Waals surface area contributed by atoms with E-state index in [0.717, 1.165) is 24.3 Å². The SMILES string of the molecule is COC(=O)c1ccc(N=Cc2ccc(N3Cc4cc(C)c(C)cc4C3)cc2)cc1. The normalized spacial score (nSPS) is 13.0. The first-order valence-corrected chi connectivity index (χ1v) is 9.70. The predicted molar refractivity (Wildman–Crippen MR) is 117 cm³/mol. The molecule has 4 rings (SSSR count). The van der Waals surface area contributed by atoms with Crippen molar-refractivity contribution in [3.63, 3.8) is 0 Å². The van der Waals surface area contributed by atoms with Crippen LogP contribution in [0.25, 0.3) is 0 Å². The largest absolute Gasteiger partial charge is 0.465 e. The van der Waals surface area contributed by atoms with Gasteiger partial charge in [-0.3, -0.25) is 4.99 Å². The van der Waals surface area contributed by atoms with Crippen LogP contribution in [0.5, 0.6) is 0 Å². The van der Waals surface area contributed by atoms with Gasteiger partial charge >= 0.3 is 5.97 Å². The fourth-order valence-electron chi connectivity index (χ4n) is 3.60. The molecular formula is C25H24N2O2. The smallest absolute Gasteiger partial charge is 0.337 e. The lowest BCUT2D eigenvalue weighted by atomic mass is 10.0. The molecule has 4 nitrogen and oxygen atoms in total. The van der Waals surface area contributed by atoms with E-state index >= 15 is 0 Å². The maximum absolute atomic E-state index is 11.5. The van der Waals surface area contributed by atoms with Gasteiger partial charge in [0.15, 0.2) is 0 Å². The fourth-order valence-corrected chi connectivity index (χ4v) is 3.60. The maximum atomic E-state index is 11.5. The Balaban J connectivity index is 1.43. The van der Waals surface area contributed by atoms with Gasteiger partial charge in [-0.1, -0.05) is 24.3 Å². The Morgan fingerprint density at radius 2 is 1.52 bits per heavy atom. The van der Waals surface area contributed by atoms with Gasteiger partial charge in [0.1, 0.15) is 0 Å². The molecule has 0 atom stereocenters. The van der Waals surface area contributed by atoms with Crippen molar-refractivity contribution in [3.8, 4) is 0 Å².